The largest absolute Gasteiger partial charge is 0.456 e. The molecule has 8 aromatic carbocycles. The predicted molar refractivity (Wildman–Crippen MR) is 186 cm³/mol. The summed E-state index contributed by atoms with van der Waals surface area (Å²) in [6.45, 7) is 0. The molecule has 0 atom stereocenters. The summed E-state index contributed by atoms with van der Waals surface area (Å²) < 4.78 is 8.77. The number of nitrogens with zero attached hydrogens (tertiary/aromatic N) is 1. The van der Waals surface area contributed by atoms with E-state index in [0.717, 1.165) is 21.9 Å². The number of benzene rings is 8. The predicted octanol–water partition coefficient (Wildman–Crippen LogP) is 11.9. The van der Waals surface area contributed by atoms with Gasteiger partial charge in [-0.05, 0) is 98.0 Å². The third-order valence-corrected chi connectivity index (χ3v) is 9.81. The molecule has 0 radical (unpaired) electrons. The van der Waals surface area contributed by atoms with E-state index in [9.17, 15) is 0 Å². The number of para-hydroxylation sites is 1. The van der Waals surface area contributed by atoms with Crippen LogP contribution in [-0.4, -0.2) is 4.40 Å². The maximum Gasteiger partial charge on any atom is 0.136 e. The van der Waals surface area contributed by atoms with Gasteiger partial charge in [0, 0.05) is 32.3 Å². The highest BCUT2D eigenvalue weighted by atomic mass is 16.3. The first-order chi connectivity index (χ1) is 21.8. The van der Waals surface area contributed by atoms with Crippen LogP contribution in [0, 0.1) is 0 Å². The summed E-state index contributed by atoms with van der Waals surface area (Å²) in [7, 11) is 0. The molecule has 0 N–H and O–H groups in total. The van der Waals surface area contributed by atoms with Gasteiger partial charge in [-0.2, -0.15) is 0 Å². The van der Waals surface area contributed by atoms with Crippen molar-refractivity contribution in [3.63, 3.8) is 0 Å². The molecular weight excluding hydrogens is 534 g/mol. The molecule has 0 amide bonds. The van der Waals surface area contributed by atoms with Crippen LogP contribution in [0.15, 0.2) is 144 Å². The molecule has 44 heavy (non-hydrogen) atoms. The van der Waals surface area contributed by atoms with Gasteiger partial charge in [0.15, 0.2) is 0 Å². The Hall–Kier alpha value is -5.86. The van der Waals surface area contributed by atoms with Crippen LogP contribution >= 0.6 is 0 Å². The van der Waals surface area contributed by atoms with Gasteiger partial charge in [0.1, 0.15) is 11.2 Å². The summed E-state index contributed by atoms with van der Waals surface area (Å²) in [6, 6.07) is 51.3. The summed E-state index contributed by atoms with van der Waals surface area (Å²) in [6.07, 6.45) is 0. The molecule has 0 aliphatic carbocycles. The van der Waals surface area contributed by atoms with Gasteiger partial charge in [0.2, 0.25) is 0 Å². The molecule has 0 aliphatic heterocycles. The van der Waals surface area contributed by atoms with Crippen LogP contribution in [0.5, 0.6) is 0 Å². The number of fused-ring (bicyclic) bond motifs is 12. The lowest BCUT2D eigenvalue weighted by Crippen LogP contribution is -1.83. The van der Waals surface area contributed by atoms with Crippen LogP contribution in [0.4, 0.5) is 0 Å². The molecule has 0 saturated heterocycles. The Morgan fingerprint density at radius 2 is 0.886 bits per heavy atom. The molecule has 2 nitrogen and oxygen atoms in total. The van der Waals surface area contributed by atoms with Gasteiger partial charge >= 0.3 is 0 Å². The molecule has 3 aromatic heterocycles. The van der Waals surface area contributed by atoms with E-state index in [1.165, 1.54) is 81.5 Å². The number of furan rings is 1. The van der Waals surface area contributed by atoms with E-state index in [1.54, 1.807) is 0 Å². The smallest absolute Gasteiger partial charge is 0.136 e. The second-order valence-electron chi connectivity index (χ2n) is 12.2. The zero-order chi connectivity index (χ0) is 28.5. The van der Waals surface area contributed by atoms with Crippen molar-refractivity contribution < 1.29 is 4.42 Å². The SMILES string of the molecule is c1ccc2cc3c(cc2c1)oc1ccc(-c2ccc4cc5c6cccc7c8cc9ccccc9cc8n(c5cc4c2)c76)cc13. The van der Waals surface area contributed by atoms with E-state index >= 15 is 0 Å². The van der Waals surface area contributed by atoms with Gasteiger partial charge in [-0.25, -0.2) is 0 Å². The van der Waals surface area contributed by atoms with Crippen molar-refractivity contribution in [2.45, 2.75) is 0 Å². The Morgan fingerprint density at radius 1 is 0.341 bits per heavy atom. The molecule has 0 unspecified atom stereocenters. The minimum Gasteiger partial charge on any atom is -0.456 e. The van der Waals surface area contributed by atoms with Crippen molar-refractivity contribution in [1.82, 2.24) is 4.40 Å². The molecule has 0 saturated carbocycles. The first kappa shape index (κ1) is 22.7. The number of hydrogen-bond acceptors (Lipinski definition) is 1. The fraction of sp³-hybridized carbons (Fsp3) is 0. The lowest BCUT2D eigenvalue weighted by molar-refractivity contribution is 0.669. The van der Waals surface area contributed by atoms with Crippen LogP contribution in [-0.2, 0) is 0 Å². The lowest BCUT2D eigenvalue weighted by Gasteiger charge is -2.07. The Bertz CT molecular complexity index is 2990. The molecule has 202 valence electrons. The van der Waals surface area contributed by atoms with Gasteiger partial charge in [-0.3, -0.25) is 0 Å². The molecule has 11 rings (SSSR count). The maximum absolute atomic E-state index is 6.28. The van der Waals surface area contributed by atoms with E-state index in [-0.39, 0.29) is 0 Å². The molecule has 0 fully saturated rings. The van der Waals surface area contributed by atoms with E-state index in [0.29, 0.717) is 0 Å². The van der Waals surface area contributed by atoms with Crippen molar-refractivity contribution in [3.05, 3.63) is 140 Å². The summed E-state index contributed by atoms with van der Waals surface area (Å²) in [4.78, 5) is 0. The van der Waals surface area contributed by atoms with E-state index in [2.05, 4.69) is 144 Å². The molecule has 2 heteroatoms. The van der Waals surface area contributed by atoms with Gasteiger partial charge < -0.3 is 8.82 Å². The molecular formula is C42H23NO. The quantitative estimate of drug-likeness (QED) is 0.196. The molecule has 0 aliphatic rings. The second-order valence-corrected chi connectivity index (χ2v) is 12.2. The lowest BCUT2D eigenvalue weighted by atomic mass is 9.98. The summed E-state index contributed by atoms with van der Waals surface area (Å²) in [5.74, 6) is 0. The van der Waals surface area contributed by atoms with Crippen LogP contribution in [0.3, 0.4) is 0 Å². The molecule has 3 heterocycles. The Balaban J connectivity index is 1.16. The van der Waals surface area contributed by atoms with Crippen molar-refractivity contribution in [2.24, 2.45) is 0 Å². The average Bonchev–Trinajstić information content (AvgIpc) is 3.70. The Kier molecular flexibility index (Phi) is 4.10. The fourth-order valence-electron chi connectivity index (χ4n) is 7.73. The standard InChI is InChI=1S/C42H23NO/c1-3-8-26-21-38-34(17-24(26)6-1)32-10-5-11-33-35-18-30-13-12-28(16-31(30)22-39(35)43(38)42(32)33)29-14-15-40-36(20-29)37-19-25-7-2-4-9-27(25)23-41(37)44-40/h1-23H. The third-order valence-electron chi connectivity index (χ3n) is 9.81. The van der Waals surface area contributed by atoms with E-state index in [4.69, 9.17) is 4.42 Å². The van der Waals surface area contributed by atoms with Gasteiger partial charge in [0.05, 0.1) is 16.6 Å². The second kappa shape index (κ2) is 7.94. The van der Waals surface area contributed by atoms with E-state index < -0.39 is 0 Å². The Morgan fingerprint density at radius 3 is 1.61 bits per heavy atom. The highest BCUT2D eigenvalue weighted by molar-refractivity contribution is 6.26. The first-order valence-electron chi connectivity index (χ1n) is 15.2. The molecule has 0 spiro atoms. The topological polar surface area (TPSA) is 17.6 Å². The number of hydrogen-bond donors (Lipinski definition) is 0. The van der Waals surface area contributed by atoms with Crippen molar-refractivity contribution >= 4 is 92.4 Å². The zero-order valence-electron chi connectivity index (χ0n) is 23.6. The Labute approximate surface area is 251 Å². The van der Waals surface area contributed by atoms with Crippen LogP contribution in [0.25, 0.3) is 103 Å². The van der Waals surface area contributed by atoms with Gasteiger partial charge in [-0.15, -0.1) is 0 Å². The first-order valence-corrected chi connectivity index (χ1v) is 15.2. The van der Waals surface area contributed by atoms with Gasteiger partial charge in [-0.1, -0.05) is 84.9 Å². The molecule has 0 bridgehead atoms. The summed E-state index contributed by atoms with van der Waals surface area (Å²) in [5.41, 5.74) is 8.10. The number of aromatic nitrogens is 1. The number of rotatable bonds is 1. The highest BCUT2D eigenvalue weighted by Gasteiger charge is 2.18. The normalized spacial score (nSPS) is 12.5. The van der Waals surface area contributed by atoms with Crippen LogP contribution < -0.4 is 0 Å². The van der Waals surface area contributed by atoms with Crippen molar-refractivity contribution in [3.8, 4) is 11.1 Å². The van der Waals surface area contributed by atoms with Gasteiger partial charge in [0.25, 0.3) is 0 Å². The van der Waals surface area contributed by atoms with E-state index in [1.807, 2.05) is 0 Å². The highest BCUT2D eigenvalue weighted by Crippen LogP contribution is 2.42. The minimum atomic E-state index is 0.923. The summed E-state index contributed by atoms with van der Waals surface area (Å²) >= 11 is 0. The molecule has 11 aromatic rings. The third kappa shape index (κ3) is 2.90. The van der Waals surface area contributed by atoms with Crippen LogP contribution in [0.1, 0.15) is 0 Å². The fourth-order valence-corrected chi connectivity index (χ4v) is 7.73. The van der Waals surface area contributed by atoms with Crippen molar-refractivity contribution in [2.75, 3.05) is 0 Å². The van der Waals surface area contributed by atoms with Crippen molar-refractivity contribution in [1.29, 1.82) is 0 Å². The zero-order valence-corrected chi connectivity index (χ0v) is 23.6. The summed E-state index contributed by atoms with van der Waals surface area (Å²) in [5, 5.41) is 15.0. The monoisotopic (exact) mass is 557 g/mol. The van der Waals surface area contributed by atoms with Crippen LogP contribution in [0.2, 0.25) is 0 Å². The minimum absolute atomic E-state index is 0.923. The average molecular weight is 558 g/mol. The maximum atomic E-state index is 6.28.